The number of aromatic nitrogens is 2. The van der Waals surface area contributed by atoms with E-state index in [-0.39, 0.29) is 18.1 Å². The summed E-state index contributed by atoms with van der Waals surface area (Å²) in [6.45, 7) is 0. The molecule has 1 amide bonds. The van der Waals surface area contributed by atoms with Gasteiger partial charge >= 0.3 is 12.4 Å². The Labute approximate surface area is 176 Å². The highest BCUT2D eigenvalue weighted by molar-refractivity contribution is 5.94. The van der Waals surface area contributed by atoms with Crippen molar-refractivity contribution >= 4 is 11.6 Å². The summed E-state index contributed by atoms with van der Waals surface area (Å²) in [5, 5.41) is 15.7. The van der Waals surface area contributed by atoms with Crippen LogP contribution in [0.25, 0.3) is 0 Å². The van der Waals surface area contributed by atoms with Gasteiger partial charge in [-0.3, -0.25) is 9.48 Å². The summed E-state index contributed by atoms with van der Waals surface area (Å²) in [5.74, 6) is -4.74. The van der Waals surface area contributed by atoms with Crippen LogP contribution in [0.15, 0.2) is 24.4 Å². The first-order valence-electron chi connectivity index (χ1n) is 9.38. The van der Waals surface area contributed by atoms with Gasteiger partial charge in [0.25, 0.3) is 0 Å². The second-order valence-corrected chi connectivity index (χ2v) is 7.81. The van der Waals surface area contributed by atoms with Crippen LogP contribution in [0.5, 0.6) is 0 Å². The van der Waals surface area contributed by atoms with E-state index in [2.05, 4.69) is 10.4 Å². The van der Waals surface area contributed by atoms with Gasteiger partial charge < -0.3 is 15.2 Å². The van der Waals surface area contributed by atoms with E-state index in [1.54, 1.807) is 0 Å². The van der Waals surface area contributed by atoms with Crippen molar-refractivity contribution in [1.29, 1.82) is 0 Å². The lowest BCUT2D eigenvalue weighted by molar-refractivity contribution is -0.143. The molecule has 0 spiro atoms. The highest BCUT2D eigenvalue weighted by atomic mass is 19.4. The number of nitrogens with zero attached hydrogens (tertiary/aromatic N) is 2. The lowest BCUT2D eigenvalue weighted by Gasteiger charge is -2.30. The summed E-state index contributed by atoms with van der Waals surface area (Å²) >= 11 is 0. The molecule has 1 aromatic heterocycles. The first-order chi connectivity index (χ1) is 14.8. The number of halogens is 7. The number of amides is 1. The number of aliphatic hydroxyl groups is 1. The van der Waals surface area contributed by atoms with Gasteiger partial charge in [-0.2, -0.15) is 31.4 Å². The average Bonchev–Trinajstić information content (AvgIpc) is 3.31. The SMILES string of the molecule is Cn1cc([C@H]2[C@H]3O[C@H](C[C@@H]3O)[C@@H]2C(=O)Nc2cc(F)cc(C(F)(F)F)c2)c(C(F)(F)F)n1. The maximum absolute atomic E-state index is 13.7. The van der Waals surface area contributed by atoms with E-state index in [1.165, 1.54) is 7.05 Å². The number of anilines is 1. The molecule has 0 saturated carbocycles. The number of aliphatic hydroxyl groups excluding tert-OH is 1. The second kappa shape index (κ2) is 7.44. The Balaban J connectivity index is 1.69. The summed E-state index contributed by atoms with van der Waals surface area (Å²) in [6.07, 6.45) is -12.0. The predicted molar refractivity (Wildman–Crippen MR) is 93.8 cm³/mol. The zero-order valence-electron chi connectivity index (χ0n) is 16.2. The zero-order chi connectivity index (χ0) is 23.6. The normalized spacial score (nSPS) is 27.7. The summed E-state index contributed by atoms with van der Waals surface area (Å²) in [5.41, 5.74) is -3.47. The molecule has 3 heterocycles. The number of alkyl halides is 6. The van der Waals surface area contributed by atoms with Crippen LogP contribution in [-0.4, -0.2) is 39.1 Å². The van der Waals surface area contributed by atoms with Crippen molar-refractivity contribution in [2.24, 2.45) is 13.0 Å². The van der Waals surface area contributed by atoms with Crippen molar-refractivity contribution in [3.8, 4) is 0 Å². The minimum absolute atomic E-state index is 0.0438. The van der Waals surface area contributed by atoms with Crippen molar-refractivity contribution in [3.63, 3.8) is 0 Å². The molecule has 0 aliphatic carbocycles. The molecule has 0 radical (unpaired) electrons. The minimum Gasteiger partial charge on any atom is -0.390 e. The summed E-state index contributed by atoms with van der Waals surface area (Å²) in [7, 11) is 1.25. The van der Waals surface area contributed by atoms with Crippen molar-refractivity contribution < 1.29 is 45.4 Å². The van der Waals surface area contributed by atoms with Crippen LogP contribution < -0.4 is 5.32 Å². The highest BCUT2D eigenvalue weighted by Gasteiger charge is 2.59. The molecule has 13 heteroatoms. The third-order valence-electron chi connectivity index (χ3n) is 5.61. The number of fused-ring (bicyclic) bond motifs is 2. The van der Waals surface area contributed by atoms with Gasteiger partial charge in [-0.05, 0) is 18.2 Å². The van der Waals surface area contributed by atoms with Gasteiger partial charge in [0.15, 0.2) is 5.69 Å². The molecule has 1 aromatic carbocycles. The Hall–Kier alpha value is -2.67. The van der Waals surface area contributed by atoms with E-state index in [0.29, 0.717) is 12.1 Å². The Bertz CT molecular complexity index is 1050. The van der Waals surface area contributed by atoms with Gasteiger partial charge in [-0.1, -0.05) is 0 Å². The fraction of sp³-hybridized carbons (Fsp3) is 0.474. The van der Waals surface area contributed by atoms with Crippen LogP contribution in [-0.2, 0) is 28.9 Å². The van der Waals surface area contributed by atoms with Crippen molar-refractivity contribution in [1.82, 2.24) is 9.78 Å². The third-order valence-corrected chi connectivity index (χ3v) is 5.61. The van der Waals surface area contributed by atoms with Gasteiger partial charge in [0.05, 0.1) is 29.8 Å². The van der Waals surface area contributed by atoms with Crippen LogP contribution in [0.3, 0.4) is 0 Å². The summed E-state index contributed by atoms with van der Waals surface area (Å²) in [6, 6.07) is 1.43. The van der Waals surface area contributed by atoms with E-state index in [4.69, 9.17) is 4.74 Å². The standard InChI is InChI=1S/C19H16F7N3O3/c1-29-6-10(16(28-29)19(24,25)26)13-14(12-5-11(30)15(13)32-12)17(31)27-9-3-7(18(21,22)23)2-8(20)4-9/h2-4,6,11-15,30H,5H2,1H3,(H,27,31)/t11-,12+,13+,14-,15-/m0/s1. The number of ether oxygens (including phenoxy) is 1. The Morgan fingerprint density at radius 1 is 1.19 bits per heavy atom. The lowest BCUT2D eigenvalue weighted by Crippen LogP contribution is -2.41. The minimum atomic E-state index is -4.87. The molecular formula is C19H16F7N3O3. The molecular weight excluding hydrogens is 451 g/mol. The molecule has 2 aromatic rings. The molecule has 2 N–H and O–H groups in total. The molecule has 174 valence electrons. The molecule has 0 unspecified atom stereocenters. The Morgan fingerprint density at radius 3 is 2.50 bits per heavy atom. The highest BCUT2D eigenvalue weighted by Crippen LogP contribution is 2.51. The quantitative estimate of drug-likeness (QED) is 0.679. The Kier molecular flexibility index (Phi) is 5.24. The number of nitrogens with one attached hydrogen (secondary N) is 1. The van der Waals surface area contributed by atoms with Gasteiger partial charge in [0, 0.05) is 36.8 Å². The van der Waals surface area contributed by atoms with Gasteiger partial charge in [-0.25, -0.2) is 4.39 Å². The molecule has 2 saturated heterocycles. The molecule has 4 rings (SSSR count). The number of rotatable bonds is 3. The van der Waals surface area contributed by atoms with Crippen LogP contribution in [0.4, 0.5) is 36.4 Å². The number of benzene rings is 1. The third kappa shape index (κ3) is 3.94. The largest absolute Gasteiger partial charge is 0.435 e. The van der Waals surface area contributed by atoms with Crippen LogP contribution in [0, 0.1) is 11.7 Å². The molecule has 2 fully saturated rings. The van der Waals surface area contributed by atoms with Gasteiger partial charge in [0.1, 0.15) is 5.82 Å². The monoisotopic (exact) mass is 467 g/mol. The van der Waals surface area contributed by atoms with E-state index >= 15 is 0 Å². The van der Waals surface area contributed by atoms with Crippen molar-refractivity contribution in [2.75, 3.05) is 5.32 Å². The average molecular weight is 467 g/mol. The molecule has 2 aliphatic heterocycles. The van der Waals surface area contributed by atoms with Gasteiger partial charge in [0.2, 0.25) is 5.91 Å². The fourth-order valence-corrected chi connectivity index (χ4v) is 4.44. The number of carbonyl (C=O) groups is 1. The van der Waals surface area contributed by atoms with Gasteiger partial charge in [-0.15, -0.1) is 0 Å². The molecule has 32 heavy (non-hydrogen) atoms. The van der Waals surface area contributed by atoms with Crippen LogP contribution >= 0.6 is 0 Å². The van der Waals surface area contributed by atoms with E-state index < -0.39 is 71.2 Å². The number of hydrogen-bond donors (Lipinski definition) is 2. The first-order valence-corrected chi connectivity index (χ1v) is 9.38. The topological polar surface area (TPSA) is 76.4 Å². The fourth-order valence-electron chi connectivity index (χ4n) is 4.44. The van der Waals surface area contributed by atoms with Crippen molar-refractivity contribution in [3.05, 3.63) is 47.0 Å². The maximum Gasteiger partial charge on any atom is 0.435 e. The zero-order valence-corrected chi connectivity index (χ0v) is 16.2. The molecule has 6 nitrogen and oxygen atoms in total. The van der Waals surface area contributed by atoms with E-state index in [9.17, 15) is 40.6 Å². The molecule has 2 aliphatic rings. The molecule has 2 bridgehead atoms. The summed E-state index contributed by atoms with van der Waals surface area (Å²) in [4.78, 5) is 13.0. The molecule has 5 atom stereocenters. The number of carbonyl (C=O) groups excluding carboxylic acids is 1. The van der Waals surface area contributed by atoms with Crippen LogP contribution in [0.1, 0.15) is 29.2 Å². The Morgan fingerprint density at radius 2 is 1.88 bits per heavy atom. The second-order valence-electron chi connectivity index (χ2n) is 7.81. The lowest BCUT2D eigenvalue weighted by atomic mass is 9.73. The maximum atomic E-state index is 13.7. The van der Waals surface area contributed by atoms with E-state index in [1.807, 2.05) is 0 Å². The smallest absolute Gasteiger partial charge is 0.390 e. The number of aryl methyl sites for hydroxylation is 1. The number of hydrogen-bond acceptors (Lipinski definition) is 4. The van der Waals surface area contributed by atoms with Crippen molar-refractivity contribution in [2.45, 2.75) is 43.0 Å². The first kappa shape index (κ1) is 22.5. The predicted octanol–water partition coefficient (Wildman–Crippen LogP) is 3.47. The van der Waals surface area contributed by atoms with E-state index in [0.717, 1.165) is 10.9 Å². The summed E-state index contributed by atoms with van der Waals surface area (Å²) < 4.78 is 99.5. The van der Waals surface area contributed by atoms with Crippen LogP contribution in [0.2, 0.25) is 0 Å².